The van der Waals surface area contributed by atoms with Crippen molar-refractivity contribution in [2.24, 2.45) is 0 Å². The molecular weight excluding hydrogens is 635 g/mol. The van der Waals surface area contributed by atoms with E-state index in [0.29, 0.717) is 54.4 Å². The summed E-state index contributed by atoms with van der Waals surface area (Å²) >= 11 is 0. The number of aromatic nitrogens is 3. The Hall–Kier alpha value is -4.34. The van der Waals surface area contributed by atoms with Crippen LogP contribution in [-0.4, -0.2) is 73.0 Å². The van der Waals surface area contributed by atoms with Crippen molar-refractivity contribution in [2.45, 2.75) is 97.4 Å². The Morgan fingerprint density at radius 1 is 1.12 bits per heavy atom. The summed E-state index contributed by atoms with van der Waals surface area (Å²) in [5.74, 6) is 0.368. The van der Waals surface area contributed by atoms with Crippen LogP contribution in [0, 0.1) is 18.3 Å². The van der Waals surface area contributed by atoms with E-state index >= 15 is 0 Å². The van der Waals surface area contributed by atoms with E-state index in [4.69, 9.17) is 14.1 Å². The molecule has 4 rings (SSSR count). The number of nitriles is 1. The molecule has 0 radical (unpaired) electrons. The number of rotatable bonds is 9. The van der Waals surface area contributed by atoms with Gasteiger partial charge < -0.3 is 19.4 Å². The first kappa shape index (κ1) is 37.5. The molecule has 0 aliphatic carbocycles. The maximum atomic E-state index is 13.6. The van der Waals surface area contributed by atoms with Crippen molar-refractivity contribution in [1.82, 2.24) is 19.9 Å². The highest BCUT2D eigenvalue weighted by atomic mass is 28.4. The molecule has 1 aliphatic heterocycles. The second kappa shape index (κ2) is 13.9. The molecule has 3 aromatic rings. The first-order valence-corrected chi connectivity index (χ1v) is 19.5. The van der Waals surface area contributed by atoms with Gasteiger partial charge in [0.1, 0.15) is 11.7 Å². The summed E-state index contributed by atoms with van der Waals surface area (Å²) in [4.78, 5) is 42.9. The molecule has 1 aliphatic rings. The van der Waals surface area contributed by atoms with Crippen LogP contribution < -0.4 is 10.2 Å². The molecule has 2 amide bonds. The van der Waals surface area contributed by atoms with E-state index in [-0.39, 0.29) is 10.9 Å². The van der Waals surface area contributed by atoms with Gasteiger partial charge in [-0.2, -0.15) is 5.26 Å². The Labute approximate surface area is 292 Å². The summed E-state index contributed by atoms with van der Waals surface area (Å²) < 4.78 is 12.6. The molecule has 262 valence electrons. The van der Waals surface area contributed by atoms with Gasteiger partial charge in [-0.25, -0.2) is 14.8 Å². The monoisotopic (exact) mass is 685 g/mol. The number of hydrogen-bond acceptors (Lipinski definition) is 9. The van der Waals surface area contributed by atoms with Gasteiger partial charge in [0.15, 0.2) is 8.32 Å². The van der Waals surface area contributed by atoms with E-state index in [1.165, 1.54) is 0 Å². The first-order chi connectivity index (χ1) is 22.6. The van der Waals surface area contributed by atoms with Gasteiger partial charge in [-0.05, 0) is 81.2 Å². The molecule has 11 nitrogen and oxygen atoms in total. The SMILES string of the molecule is Cc1cnc(CCC(=O)N(C)C)c(Nc2nccc(-c3cc(C#N)c4c(c3)[C@@](C)(CO[Si](C)(C)C(C)(C)C)CN4C(=O)OC(C)(C)C)n2)c1. The number of amides is 2. The van der Waals surface area contributed by atoms with Gasteiger partial charge in [0, 0.05) is 63.5 Å². The van der Waals surface area contributed by atoms with E-state index in [9.17, 15) is 14.9 Å². The van der Waals surface area contributed by atoms with E-state index < -0.39 is 25.4 Å². The van der Waals surface area contributed by atoms with Crippen molar-refractivity contribution >= 4 is 37.6 Å². The minimum Gasteiger partial charge on any atom is -0.443 e. The third-order valence-corrected chi connectivity index (χ3v) is 13.7. The summed E-state index contributed by atoms with van der Waals surface area (Å²) in [6.45, 7) is 21.2. The predicted octanol–water partition coefficient (Wildman–Crippen LogP) is 7.52. The summed E-state index contributed by atoms with van der Waals surface area (Å²) in [6, 6.07) is 9.86. The predicted molar refractivity (Wildman–Crippen MR) is 196 cm³/mol. The van der Waals surface area contributed by atoms with Gasteiger partial charge in [0.25, 0.3) is 0 Å². The molecule has 2 aromatic heterocycles. The van der Waals surface area contributed by atoms with Gasteiger partial charge in [-0.3, -0.25) is 14.7 Å². The lowest BCUT2D eigenvalue weighted by Gasteiger charge is -2.39. The van der Waals surface area contributed by atoms with Crippen molar-refractivity contribution in [2.75, 3.05) is 37.5 Å². The number of aryl methyl sites for hydroxylation is 2. The first-order valence-electron chi connectivity index (χ1n) is 16.6. The average Bonchev–Trinajstić information content (AvgIpc) is 3.31. The Balaban J connectivity index is 1.76. The number of carbonyl (C=O) groups is 2. The number of fused-ring (bicyclic) bond motifs is 1. The van der Waals surface area contributed by atoms with Gasteiger partial charge in [0.05, 0.1) is 28.3 Å². The fourth-order valence-electron chi connectivity index (χ4n) is 5.34. The lowest BCUT2D eigenvalue weighted by Crippen LogP contribution is -2.46. The largest absolute Gasteiger partial charge is 0.443 e. The lowest BCUT2D eigenvalue weighted by atomic mass is 9.83. The normalized spacial score (nSPS) is 16.2. The minimum absolute atomic E-state index is 0.00573. The highest BCUT2D eigenvalue weighted by molar-refractivity contribution is 6.74. The van der Waals surface area contributed by atoms with Crippen LogP contribution in [0.15, 0.2) is 36.7 Å². The van der Waals surface area contributed by atoms with Crippen molar-refractivity contribution in [3.63, 3.8) is 0 Å². The molecule has 1 atom stereocenters. The lowest BCUT2D eigenvalue weighted by molar-refractivity contribution is -0.128. The minimum atomic E-state index is -2.15. The van der Waals surface area contributed by atoms with Crippen molar-refractivity contribution < 1.29 is 18.8 Å². The van der Waals surface area contributed by atoms with E-state index in [0.717, 1.165) is 22.5 Å². The Kier molecular flexibility index (Phi) is 10.6. The number of carbonyl (C=O) groups excluding carboxylic acids is 2. The zero-order valence-electron chi connectivity index (χ0n) is 31.1. The van der Waals surface area contributed by atoms with Crippen molar-refractivity contribution in [3.8, 4) is 17.3 Å². The highest BCUT2D eigenvalue weighted by Crippen LogP contribution is 2.47. The zero-order valence-corrected chi connectivity index (χ0v) is 32.1. The number of nitrogens with one attached hydrogen (secondary N) is 1. The summed E-state index contributed by atoms with van der Waals surface area (Å²) in [7, 11) is 1.32. The van der Waals surface area contributed by atoms with Crippen LogP contribution in [0.3, 0.4) is 0 Å². The van der Waals surface area contributed by atoms with Crippen LogP contribution >= 0.6 is 0 Å². The molecule has 0 saturated heterocycles. The number of hydrogen-bond donors (Lipinski definition) is 1. The van der Waals surface area contributed by atoms with Gasteiger partial charge in [-0.15, -0.1) is 0 Å². The number of ether oxygens (including phenoxy) is 1. The molecule has 0 fully saturated rings. The maximum absolute atomic E-state index is 13.6. The molecule has 0 saturated carbocycles. The third-order valence-electron chi connectivity index (χ3n) is 9.21. The standard InChI is InChI=1S/C37H51N7O4Si/c1-24-17-30(29(40-21-24)13-14-31(45)43(9)10)42-33-39-16-15-28(41-33)25-18-26(20-38)32-27(19-25)37(8,23-47-49(11,12)36(5,6)7)22-44(32)34(46)48-35(2,3)4/h15-19,21H,13-14,22-23H2,1-12H3,(H,39,41,42)/t37-/m1/s1. The molecule has 12 heteroatoms. The molecule has 49 heavy (non-hydrogen) atoms. The van der Waals surface area contributed by atoms with Crippen LogP contribution in [0.1, 0.15) is 77.3 Å². The van der Waals surface area contributed by atoms with Crippen LogP contribution in [0.2, 0.25) is 18.1 Å². The topological polar surface area (TPSA) is 134 Å². The summed E-state index contributed by atoms with van der Waals surface area (Å²) in [6.07, 6.45) is 3.72. The number of anilines is 3. The molecule has 1 aromatic carbocycles. The van der Waals surface area contributed by atoms with Gasteiger partial charge in [0.2, 0.25) is 11.9 Å². The molecule has 0 unspecified atom stereocenters. The Morgan fingerprint density at radius 3 is 2.43 bits per heavy atom. The second-order valence-corrected chi connectivity index (χ2v) is 20.7. The fraction of sp³-hybridized carbons (Fsp3) is 0.514. The highest BCUT2D eigenvalue weighted by Gasteiger charge is 2.47. The van der Waals surface area contributed by atoms with Crippen LogP contribution in [0.4, 0.5) is 22.1 Å². The Bertz CT molecular complexity index is 1770. The maximum Gasteiger partial charge on any atom is 0.414 e. The van der Waals surface area contributed by atoms with Crippen LogP contribution in [0.25, 0.3) is 11.3 Å². The molecule has 0 spiro atoms. The third kappa shape index (κ3) is 8.64. The van der Waals surface area contributed by atoms with Crippen molar-refractivity contribution in [3.05, 3.63) is 59.0 Å². The summed E-state index contributed by atoms with van der Waals surface area (Å²) in [5.41, 5.74) is 4.10. The van der Waals surface area contributed by atoms with Crippen molar-refractivity contribution in [1.29, 1.82) is 5.26 Å². The second-order valence-electron chi connectivity index (χ2n) is 15.9. The zero-order chi connectivity index (χ0) is 36.5. The molecule has 3 heterocycles. The van der Waals surface area contributed by atoms with Crippen LogP contribution in [-0.2, 0) is 25.8 Å². The van der Waals surface area contributed by atoms with E-state index in [2.05, 4.69) is 62.1 Å². The summed E-state index contributed by atoms with van der Waals surface area (Å²) in [5, 5.41) is 13.7. The molecule has 0 bridgehead atoms. The number of pyridine rings is 1. The number of benzene rings is 1. The van der Waals surface area contributed by atoms with Crippen LogP contribution in [0.5, 0.6) is 0 Å². The average molecular weight is 686 g/mol. The fourth-order valence-corrected chi connectivity index (χ4v) is 6.45. The van der Waals surface area contributed by atoms with Gasteiger partial charge in [-0.1, -0.05) is 27.7 Å². The Morgan fingerprint density at radius 2 is 1.82 bits per heavy atom. The van der Waals surface area contributed by atoms with E-state index in [1.54, 1.807) is 48.4 Å². The van der Waals surface area contributed by atoms with Gasteiger partial charge >= 0.3 is 6.09 Å². The molecular formula is C37H51N7O4Si. The van der Waals surface area contributed by atoms with E-state index in [1.807, 2.05) is 39.8 Å². The quantitative estimate of drug-likeness (QED) is 0.227. The smallest absolute Gasteiger partial charge is 0.414 e. The number of nitrogens with zero attached hydrogens (tertiary/aromatic N) is 6. The molecule has 1 N–H and O–H groups in total.